The van der Waals surface area contributed by atoms with Gasteiger partial charge in [0.25, 0.3) is 0 Å². The molecule has 1 heterocycles. The van der Waals surface area contributed by atoms with E-state index < -0.39 is 11.5 Å². The molecule has 1 aliphatic rings. The van der Waals surface area contributed by atoms with Crippen LogP contribution in [0.2, 0.25) is 0 Å². The number of rotatable bonds is 6. The smallest absolute Gasteiger partial charge is 0.329 e. The molecule has 0 saturated heterocycles. The predicted molar refractivity (Wildman–Crippen MR) is 89.7 cm³/mol. The normalized spacial score (nSPS) is 15.8. The summed E-state index contributed by atoms with van der Waals surface area (Å²) in [7, 11) is 0. The van der Waals surface area contributed by atoms with Crippen LogP contribution >= 0.6 is 0 Å². The molecule has 0 aliphatic heterocycles. The first-order chi connectivity index (χ1) is 12.4. The van der Waals surface area contributed by atoms with Crippen molar-refractivity contribution in [3.05, 3.63) is 35.5 Å². The number of nitrogens with one attached hydrogen (secondary N) is 1. The van der Waals surface area contributed by atoms with Crippen molar-refractivity contribution >= 4 is 11.9 Å². The molecule has 1 aromatic carbocycles. The third kappa shape index (κ3) is 3.74. The molecule has 8 heteroatoms. The summed E-state index contributed by atoms with van der Waals surface area (Å²) >= 11 is 0. The molecule has 0 unspecified atom stereocenters. The number of carbonyl (C=O) groups is 2. The second-order valence-corrected chi connectivity index (χ2v) is 6.62. The maximum absolute atomic E-state index is 13.3. The number of carbonyl (C=O) groups excluding carboxylic acids is 1. The molecule has 1 saturated carbocycles. The number of aromatic nitrogens is 2. The van der Waals surface area contributed by atoms with Crippen LogP contribution in [0.5, 0.6) is 0 Å². The third-order valence-corrected chi connectivity index (χ3v) is 4.70. The molecule has 1 aromatic heterocycles. The molecular weight excluding hydrogens is 341 g/mol. The van der Waals surface area contributed by atoms with Crippen molar-refractivity contribution in [2.75, 3.05) is 0 Å². The first kappa shape index (κ1) is 18.0. The molecule has 3 rings (SSSR count). The van der Waals surface area contributed by atoms with E-state index in [1.54, 1.807) is 19.1 Å². The second kappa shape index (κ2) is 7.23. The Balaban J connectivity index is 1.60. The molecule has 2 aromatic rings. The Morgan fingerprint density at radius 2 is 2.08 bits per heavy atom. The van der Waals surface area contributed by atoms with Gasteiger partial charge in [-0.2, -0.15) is 4.98 Å². The van der Waals surface area contributed by atoms with Gasteiger partial charge in [0, 0.05) is 18.4 Å². The summed E-state index contributed by atoms with van der Waals surface area (Å²) in [6.07, 6.45) is 2.73. The molecule has 0 spiro atoms. The molecule has 26 heavy (non-hydrogen) atoms. The molecule has 2 N–H and O–H groups in total. The van der Waals surface area contributed by atoms with E-state index in [2.05, 4.69) is 15.5 Å². The van der Waals surface area contributed by atoms with E-state index in [9.17, 15) is 19.1 Å². The molecule has 0 bridgehead atoms. The van der Waals surface area contributed by atoms with Crippen molar-refractivity contribution < 1.29 is 23.6 Å². The van der Waals surface area contributed by atoms with E-state index in [1.165, 1.54) is 6.07 Å². The number of halogens is 1. The summed E-state index contributed by atoms with van der Waals surface area (Å²) in [5, 5.41) is 15.9. The topological polar surface area (TPSA) is 105 Å². The van der Waals surface area contributed by atoms with Gasteiger partial charge in [-0.05, 0) is 43.5 Å². The summed E-state index contributed by atoms with van der Waals surface area (Å²) in [6.45, 7) is 1.64. The number of aryl methyl sites for hydroxylation is 2. The maximum Gasteiger partial charge on any atom is 0.329 e. The van der Waals surface area contributed by atoms with Gasteiger partial charge >= 0.3 is 5.97 Å². The van der Waals surface area contributed by atoms with E-state index >= 15 is 0 Å². The average molecular weight is 361 g/mol. The van der Waals surface area contributed by atoms with Crippen LogP contribution in [0.1, 0.15) is 43.6 Å². The summed E-state index contributed by atoms with van der Waals surface area (Å²) < 4.78 is 18.5. The van der Waals surface area contributed by atoms with Crippen molar-refractivity contribution in [1.82, 2.24) is 15.5 Å². The molecule has 1 amide bonds. The lowest BCUT2D eigenvalue weighted by Crippen LogP contribution is -2.52. The fourth-order valence-electron chi connectivity index (χ4n) is 3.18. The van der Waals surface area contributed by atoms with E-state index in [0.29, 0.717) is 29.8 Å². The van der Waals surface area contributed by atoms with Crippen molar-refractivity contribution in [2.24, 2.45) is 0 Å². The van der Waals surface area contributed by atoms with Gasteiger partial charge in [0.05, 0.1) is 0 Å². The molecule has 1 fully saturated rings. The monoisotopic (exact) mass is 361 g/mol. The number of carboxylic acid groups (broad SMARTS) is 1. The lowest BCUT2D eigenvalue weighted by molar-refractivity contribution is -0.147. The van der Waals surface area contributed by atoms with Crippen LogP contribution in [0.3, 0.4) is 0 Å². The highest BCUT2D eigenvalue weighted by atomic mass is 19.1. The van der Waals surface area contributed by atoms with Gasteiger partial charge in [-0.1, -0.05) is 18.0 Å². The Labute approximate surface area is 149 Å². The van der Waals surface area contributed by atoms with Gasteiger partial charge in [0.15, 0.2) is 0 Å². The number of hydrogen-bond donors (Lipinski definition) is 2. The molecule has 1 aliphatic carbocycles. The van der Waals surface area contributed by atoms with Gasteiger partial charge in [-0.15, -0.1) is 0 Å². The summed E-state index contributed by atoms with van der Waals surface area (Å²) in [5.74, 6) is -1.07. The van der Waals surface area contributed by atoms with Gasteiger partial charge in [0.2, 0.25) is 17.6 Å². The lowest BCUT2D eigenvalue weighted by Gasteiger charge is -2.25. The van der Waals surface area contributed by atoms with Gasteiger partial charge in [-0.25, -0.2) is 9.18 Å². The minimum absolute atomic E-state index is 0.0547. The minimum atomic E-state index is -1.15. The van der Waals surface area contributed by atoms with Crippen LogP contribution in [0.4, 0.5) is 4.39 Å². The number of benzene rings is 1. The molecule has 0 radical (unpaired) electrons. The fraction of sp³-hybridized carbons (Fsp3) is 0.444. The molecule has 138 valence electrons. The van der Waals surface area contributed by atoms with Crippen molar-refractivity contribution in [3.8, 4) is 11.4 Å². The van der Waals surface area contributed by atoms with Crippen molar-refractivity contribution in [3.63, 3.8) is 0 Å². The number of carboxylic acids is 1. The quantitative estimate of drug-likeness (QED) is 0.819. The second-order valence-electron chi connectivity index (χ2n) is 6.62. The third-order valence-electron chi connectivity index (χ3n) is 4.70. The molecule has 0 atom stereocenters. The van der Waals surface area contributed by atoms with Crippen molar-refractivity contribution in [2.45, 2.75) is 51.0 Å². The zero-order chi connectivity index (χ0) is 18.7. The van der Waals surface area contributed by atoms with Crippen LogP contribution in [-0.4, -0.2) is 32.7 Å². The lowest BCUT2D eigenvalue weighted by atomic mass is 9.97. The first-order valence-electron chi connectivity index (χ1n) is 8.53. The summed E-state index contributed by atoms with van der Waals surface area (Å²) in [4.78, 5) is 27.8. The van der Waals surface area contributed by atoms with Crippen LogP contribution < -0.4 is 5.32 Å². The Morgan fingerprint density at radius 3 is 2.73 bits per heavy atom. The highest BCUT2D eigenvalue weighted by Crippen LogP contribution is 2.30. The van der Waals surface area contributed by atoms with Crippen LogP contribution in [0, 0.1) is 12.7 Å². The molecule has 7 nitrogen and oxygen atoms in total. The van der Waals surface area contributed by atoms with Crippen molar-refractivity contribution in [1.29, 1.82) is 0 Å². The number of hydrogen-bond acceptors (Lipinski definition) is 5. The van der Waals surface area contributed by atoms with Gasteiger partial charge in [-0.3, -0.25) is 4.79 Å². The number of amides is 1. The fourth-order valence-corrected chi connectivity index (χ4v) is 3.18. The van der Waals surface area contributed by atoms with Gasteiger partial charge < -0.3 is 14.9 Å². The maximum atomic E-state index is 13.3. The Hall–Kier alpha value is -2.77. The Bertz CT molecular complexity index is 828. The van der Waals surface area contributed by atoms with E-state index in [-0.39, 0.29) is 30.5 Å². The Morgan fingerprint density at radius 1 is 1.35 bits per heavy atom. The Kier molecular flexibility index (Phi) is 5.01. The largest absolute Gasteiger partial charge is 0.480 e. The highest BCUT2D eigenvalue weighted by molar-refractivity contribution is 5.87. The zero-order valence-corrected chi connectivity index (χ0v) is 14.4. The average Bonchev–Trinajstić information content (AvgIpc) is 3.26. The van der Waals surface area contributed by atoms with E-state index in [1.807, 2.05) is 0 Å². The number of aliphatic carboxylic acids is 1. The van der Waals surface area contributed by atoms with E-state index in [4.69, 9.17) is 4.52 Å². The SMILES string of the molecule is Cc1cc(-c2noc(CCC(=O)NC3(C(=O)O)CCCC3)n2)ccc1F. The molecular formula is C18H20FN3O4. The standard InChI is InChI=1S/C18H20FN3O4/c1-11-10-12(4-5-13(11)19)16-20-15(26-22-16)7-6-14(23)21-18(17(24)25)8-2-3-9-18/h4-5,10H,2-3,6-9H2,1H3,(H,21,23)(H,24,25). The number of nitrogens with zero attached hydrogens (tertiary/aromatic N) is 2. The van der Waals surface area contributed by atoms with E-state index in [0.717, 1.165) is 12.8 Å². The predicted octanol–water partition coefficient (Wildman–Crippen LogP) is 2.63. The van der Waals surface area contributed by atoms with Crippen LogP contribution in [0.25, 0.3) is 11.4 Å². The first-order valence-corrected chi connectivity index (χ1v) is 8.53. The summed E-state index contributed by atoms with van der Waals surface area (Å²) in [6, 6.07) is 4.51. The highest BCUT2D eigenvalue weighted by Gasteiger charge is 2.42. The minimum Gasteiger partial charge on any atom is -0.480 e. The van der Waals surface area contributed by atoms with Gasteiger partial charge in [0.1, 0.15) is 11.4 Å². The summed E-state index contributed by atoms with van der Waals surface area (Å²) in [5.41, 5.74) is -0.0502. The van der Waals surface area contributed by atoms with Crippen LogP contribution in [-0.2, 0) is 16.0 Å². The zero-order valence-electron chi connectivity index (χ0n) is 14.4. The van der Waals surface area contributed by atoms with Crippen LogP contribution in [0.15, 0.2) is 22.7 Å².